The fourth-order valence-electron chi connectivity index (χ4n) is 2.57. The van der Waals surface area contributed by atoms with E-state index in [4.69, 9.17) is 17.2 Å². The lowest BCUT2D eigenvalue weighted by molar-refractivity contribution is -0.129. The second kappa shape index (κ2) is 4.64. The molecule has 0 unspecified atom stereocenters. The number of nitrogens with two attached hydrogens (primary N) is 3. The van der Waals surface area contributed by atoms with Gasteiger partial charge in [-0.15, -0.1) is 0 Å². The zero-order valence-electron chi connectivity index (χ0n) is 11.0. The predicted octanol–water partition coefficient (Wildman–Crippen LogP) is 0.459. The van der Waals surface area contributed by atoms with Gasteiger partial charge in [0.25, 0.3) is 0 Å². The SMILES string of the molecule is Nc1cc2ccnc(N)c2cc1CN1CC[C@H](N)C1=O. The van der Waals surface area contributed by atoms with Crippen LogP contribution in [-0.2, 0) is 11.3 Å². The fraction of sp³-hybridized carbons (Fsp3) is 0.286. The van der Waals surface area contributed by atoms with Gasteiger partial charge >= 0.3 is 0 Å². The van der Waals surface area contributed by atoms with Gasteiger partial charge in [-0.25, -0.2) is 4.98 Å². The van der Waals surface area contributed by atoms with Gasteiger partial charge in [-0.1, -0.05) is 0 Å². The fourth-order valence-corrected chi connectivity index (χ4v) is 2.57. The Labute approximate surface area is 116 Å². The van der Waals surface area contributed by atoms with Crippen LogP contribution in [0, 0.1) is 0 Å². The van der Waals surface area contributed by atoms with Crippen LogP contribution in [0.3, 0.4) is 0 Å². The smallest absolute Gasteiger partial charge is 0.239 e. The Hall–Kier alpha value is -2.34. The second-order valence-electron chi connectivity index (χ2n) is 5.12. The van der Waals surface area contributed by atoms with Crippen LogP contribution < -0.4 is 17.2 Å². The third-order valence-corrected chi connectivity index (χ3v) is 3.76. The van der Waals surface area contributed by atoms with Crippen molar-refractivity contribution in [3.8, 4) is 0 Å². The number of rotatable bonds is 2. The van der Waals surface area contributed by atoms with Crippen molar-refractivity contribution in [2.45, 2.75) is 19.0 Å². The molecule has 0 aliphatic carbocycles. The average molecular weight is 271 g/mol. The summed E-state index contributed by atoms with van der Waals surface area (Å²) in [5.41, 5.74) is 19.2. The van der Waals surface area contributed by atoms with Crippen molar-refractivity contribution in [1.29, 1.82) is 0 Å². The number of pyridine rings is 1. The molecule has 0 radical (unpaired) electrons. The summed E-state index contributed by atoms with van der Waals surface area (Å²) in [5, 5.41) is 1.80. The minimum Gasteiger partial charge on any atom is -0.398 e. The van der Waals surface area contributed by atoms with E-state index in [9.17, 15) is 4.79 Å². The first-order chi connectivity index (χ1) is 9.56. The highest BCUT2D eigenvalue weighted by Crippen LogP contribution is 2.26. The van der Waals surface area contributed by atoms with E-state index in [1.165, 1.54) is 0 Å². The summed E-state index contributed by atoms with van der Waals surface area (Å²) in [7, 11) is 0. The molecule has 1 atom stereocenters. The van der Waals surface area contributed by atoms with E-state index in [1.807, 2.05) is 18.2 Å². The summed E-state index contributed by atoms with van der Waals surface area (Å²) in [6, 6.07) is 5.25. The summed E-state index contributed by atoms with van der Waals surface area (Å²) >= 11 is 0. The number of carbonyl (C=O) groups is 1. The molecule has 1 saturated heterocycles. The van der Waals surface area contributed by atoms with Gasteiger partial charge in [0.15, 0.2) is 0 Å². The minimum atomic E-state index is -0.386. The first-order valence-corrected chi connectivity index (χ1v) is 6.53. The first-order valence-electron chi connectivity index (χ1n) is 6.53. The number of hydrogen-bond donors (Lipinski definition) is 3. The van der Waals surface area contributed by atoms with Crippen molar-refractivity contribution in [2.75, 3.05) is 18.0 Å². The average Bonchev–Trinajstić information content (AvgIpc) is 2.72. The molecule has 1 aromatic carbocycles. The van der Waals surface area contributed by atoms with Gasteiger partial charge in [-0.2, -0.15) is 0 Å². The first kappa shape index (κ1) is 12.7. The molecule has 104 valence electrons. The summed E-state index contributed by atoms with van der Waals surface area (Å²) in [6.45, 7) is 1.13. The maximum Gasteiger partial charge on any atom is 0.239 e. The quantitative estimate of drug-likeness (QED) is 0.687. The Balaban J connectivity index is 1.97. The zero-order valence-corrected chi connectivity index (χ0v) is 11.0. The van der Waals surface area contributed by atoms with Crippen LogP contribution in [0.15, 0.2) is 24.4 Å². The Morgan fingerprint density at radius 2 is 2.15 bits per heavy atom. The molecule has 1 aliphatic rings. The lowest BCUT2D eigenvalue weighted by Gasteiger charge is -2.18. The highest BCUT2D eigenvalue weighted by molar-refractivity contribution is 5.94. The number of nitrogen functional groups attached to an aromatic ring is 2. The van der Waals surface area contributed by atoms with E-state index in [1.54, 1.807) is 11.1 Å². The van der Waals surface area contributed by atoms with Gasteiger partial charge in [-0.3, -0.25) is 4.79 Å². The Kier molecular flexibility index (Phi) is 2.94. The molecule has 0 spiro atoms. The molecule has 20 heavy (non-hydrogen) atoms. The molecular formula is C14H17N5O. The number of amides is 1. The maximum atomic E-state index is 11.9. The molecule has 6 nitrogen and oxygen atoms in total. The number of likely N-dealkylation sites (tertiary alicyclic amines) is 1. The molecule has 6 N–H and O–H groups in total. The molecule has 2 heterocycles. The third kappa shape index (κ3) is 2.04. The Morgan fingerprint density at radius 1 is 1.35 bits per heavy atom. The molecule has 6 heteroatoms. The highest BCUT2D eigenvalue weighted by Gasteiger charge is 2.28. The lowest BCUT2D eigenvalue weighted by atomic mass is 10.1. The standard InChI is InChI=1S/C14H17N5O/c15-11-2-4-19(14(11)20)7-9-5-10-8(6-12(9)16)1-3-18-13(10)17/h1,3,5-6,11H,2,4,7,15-16H2,(H2,17,18)/t11-/m0/s1. The topological polar surface area (TPSA) is 111 Å². The van der Waals surface area contributed by atoms with Crippen LogP contribution in [0.2, 0.25) is 0 Å². The van der Waals surface area contributed by atoms with Crippen LogP contribution >= 0.6 is 0 Å². The molecule has 1 aliphatic heterocycles. The maximum absolute atomic E-state index is 11.9. The molecule has 3 rings (SSSR count). The molecule has 2 aromatic rings. The van der Waals surface area contributed by atoms with Gasteiger partial charge in [0, 0.05) is 30.4 Å². The normalized spacial score (nSPS) is 18.9. The monoisotopic (exact) mass is 271 g/mol. The number of benzene rings is 1. The highest BCUT2D eigenvalue weighted by atomic mass is 16.2. The van der Waals surface area contributed by atoms with Crippen LogP contribution in [0.25, 0.3) is 10.8 Å². The minimum absolute atomic E-state index is 0.0244. The number of hydrogen-bond acceptors (Lipinski definition) is 5. The van der Waals surface area contributed by atoms with Gasteiger partial charge in [0.1, 0.15) is 5.82 Å². The lowest BCUT2D eigenvalue weighted by Crippen LogP contribution is -2.33. The van der Waals surface area contributed by atoms with E-state index in [2.05, 4.69) is 4.98 Å². The van der Waals surface area contributed by atoms with Gasteiger partial charge < -0.3 is 22.1 Å². The van der Waals surface area contributed by atoms with Crippen LogP contribution in [0.4, 0.5) is 11.5 Å². The van der Waals surface area contributed by atoms with E-state index >= 15 is 0 Å². The molecule has 1 fully saturated rings. The molecule has 0 saturated carbocycles. The molecule has 1 amide bonds. The Bertz CT molecular complexity index is 685. The Morgan fingerprint density at radius 3 is 2.85 bits per heavy atom. The summed E-state index contributed by atoms with van der Waals surface area (Å²) in [4.78, 5) is 17.7. The molecular weight excluding hydrogens is 254 g/mol. The summed E-state index contributed by atoms with van der Waals surface area (Å²) < 4.78 is 0. The van der Waals surface area contributed by atoms with Crippen LogP contribution in [0.5, 0.6) is 0 Å². The van der Waals surface area contributed by atoms with Crippen molar-refractivity contribution in [3.05, 3.63) is 30.0 Å². The predicted molar refractivity (Wildman–Crippen MR) is 78.6 cm³/mol. The van der Waals surface area contributed by atoms with Crippen molar-refractivity contribution >= 4 is 28.2 Å². The summed E-state index contributed by atoms with van der Waals surface area (Å²) in [6.07, 6.45) is 2.34. The zero-order chi connectivity index (χ0) is 14.3. The second-order valence-corrected chi connectivity index (χ2v) is 5.12. The van der Waals surface area contributed by atoms with E-state index < -0.39 is 0 Å². The molecule has 1 aromatic heterocycles. The van der Waals surface area contributed by atoms with Gasteiger partial charge in [0.05, 0.1) is 6.04 Å². The van der Waals surface area contributed by atoms with Crippen LogP contribution in [0.1, 0.15) is 12.0 Å². The number of anilines is 2. The van der Waals surface area contributed by atoms with Crippen molar-refractivity contribution in [1.82, 2.24) is 9.88 Å². The van der Waals surface area contributed by atoms with Gasteiger partial charge in [-0.05, 0) is 35.6 Å². The number of aromatic nitrogens is 1. The van der Waals surface area contributed by atoms with E-state index in [-0.39, 0.29) is 11.9 Å². The van der Waals surface area contributed by atoms with Crippen molar-refractivity contribution in [3.63, 3.8) is 0 Å². The van der Waals surface area contributed by atoms with E-state index in [0.29, 0.717) is 31.0 Å². The van der Waals surface area contributed by atoms with Crippen molar-refractivity contribution < 1.29 is 4.79 Å². The number of carbonyl (C=O) groups excluding carboxylic acids is 1. The largest absolute Gasteiger partial charge is 0.398 e. The van der Waals surface area contributed by atoms with Gasteiger partial charge in [0.2, 0.25) is 5.91 Å². The molecule has 0 bridgehead atoms. The number of nitrogens with zero attached hydrogens (tertiary/aromatic N) is 2. The summed E-state index contributed by atoms with van der Waals surface area (Å²) in [5.74, 6) is 0.442. The van der Waals surface area contributed by atoms with Crippen molar-refractivity contribution in [2.24, 2.45) is 5.73 Å². The third-order valence-electron chi connectivity index (χ3n) is 3.76. The van der Waals surface area contributed by atoms with E-state index in [0.717, 1.165) is 16.3 Å². The number of fused-ring (bicyclic) bond motifs is 1. The van der Waals surface area contributed by atoms with Crippen LogP contribution in [-0.4, -0.2) is 28.4 Å².